The van der Waals surface area contributed by atoms with Crippen molar-refractivity contribution in [1.29, 1.82) is 0 Å². The molecule has 2 atom stereocenters. The summed E-state index contributed by atoms with van der Waals surface area (Å²) in [6.07, 6.45) is 0.652. The number of hydrogen-bond acceptors (Lipinski definition) is 10. The van der Waals surface area contributed by atoms with E-state index in [9.17, 15) is 28.8 Å². The lowest BCUT2D eigenvalue weighted by atomic mass is 10.0. The zero-order chi connectivity index (χ0) is 34.4. The molecule has 7 amide bonds. The van der Waals surface area contributed by atoms with Gasteiger partial charge >= 0.3 is 6.03 Å². The maximum Gasteiger partial charge on any atom is 0.325 e. The van der Waals surface area contributed by atoms with Gasteiger partial charge in [0.05, 0.1) is 6.04 Å². The molecule has 0 radical (unpaired) electrons. The first kappa shape index (κ1) is 34.2. The predicted molar refractivity (Wildman–Crippen MR) is 173 cm³/mol. The summed E-state index contributed by atoms with van der Waals surface area (Å²) < 4.78 is 5.97. The minimum absolute atomic E-state index is 0.0365. The average molecular weight is 679 g/mol. The number of urea groups is 1. The minimum Gasteiger partial charge on any atom is -0.443 e. The number of rotatable bonds is 5. The van der Waals surface area contributed by atoms with Crippen molar-refractivity contribution in [3.8, 4) is 0 Å². The molecule has 4 bridgehead atoms. The van der Waals surface area contributed by atoms with E-state index >= 15 is 0 Å². The molecule has 0 unspecified atom stereocenters. The molecule has 1 saturated heterocycles. The Hall–Kier alpha value is -5.12. The summed E-state index contributed by atoms with van der Waals surface area (Å²) in [6, 6.07) is 7.61. The normalized spacial score (nSPS) is 19.9. The number of amides is 7. The van der Waals surface area contributed by atoms with Crippen LogP contribution in [0.25, 0.3) is 0 Å². The second-order valence-electron chi connectivity index (χ2n) is 12.0. The van der Waals surface area contributed by atoms with Crippen LogP contribution in [-0.2, 0) is 20.8 Å². The van der Waals surface area contributed by atoms with E-state index in [0.717, 1.165) is 10.5 Å². The van der Waals surface area contributed by atoms with E-state index in [1.807, 2.05) is 44.2 Å². The largest absolute Gasteiger partial charge is 0.443 e. The Morgan fingerprint density at radius 2 is 1.79 bits per heavy atom. The second-order valence-corrected chi connectivity index (χ2v) is 12.9. The molecule has 3 aromatic rings. The number of nitrogens with one attached hydrogen (secondary N) is 4. The predicted octanol–water partition coefficient (Wildman–Crippen LogP) is 1.87. The highest BCUT2D eigenvalue weighted by molar-refractivity contribution is 7.09. The van der Waals surface area contributed by atoms with Gasteiger partial charge in [0.25, 0.3) is 11.8 Å². The molecule has 2 aromatic heterocycles. The average Bonchev–Trinajstić information content (AvgIpc) is 3.77. The van der Waals surface area contributed by atoms with Crippen molar-refractivity contribution >= 4 is 46.9 Å². The van der Waals surface area contributed by atoms with Crippen LogP contribution in [0.2, 0.25) is 0 Å². The van der Waals surface area contributed by atoms with E-state index < -0.39 is 41.7 Å². The van der Waals surface area contributed by atoms with Crippen molar-refractivity contribution in [2.45, 2.75) is 52.1 Å². The van der Waals surface area contributed by atoms with Crippen LogP contribution in [0, 0.1) is 12.8 Å². The van der Waals surface area contributed by atoms with Gasteiger partial charge in [-0.2, -0.15) is 0 Å². The van der Waals surface area contributed by atoms with Gasteiger partial charge in [-0.05, 0) is 24.8 Å². The third kappa shape index (κ3) is 8.42. The van der Waals surface area contributed by atoms with E-state index in [-0.39, 0.29) is 80.4 Å². The second kappa shape index (κ2) is 15.2. The Kier molecular flexibility index (Phi) is 10.8. The third-order valence-corrected chi connectivity index (χ3v) is 8.89. The SMILES string of the molecule is Cc1oc2nc1C(=O)N[C@@H](C(C)C)c1nc(cs1)C(=O)NCCN(C(=O)CN1CC(=O)NC1=O)CCCC(=O)N[C@H]2Cc1ccccc1. The zero-order valence-electron chi connectivity index (χ0n) is 26.9. The fourth-order valence-corrected chi connectivity index (χ4v) is 6.43. The summed E-state index contributed by atoms with van der Waals surface area (Å²) in [7, 11) is 0. The Labute approximate surface area is 280 Å². The van der Waals surface area contributed by atoms with Crippen LogP contribution in [0.3, 0.4) is 0 Å². The Morgan fingerprint density at radius 1 is 1.02 bits per heavy atom. The molecule has 1 aromatic carbocycles. The number of benzene rings is 1. The maximum atomic E-state index is 13.5. The van der Waals surface area contributed by atoms with Crippen LogP contribution in [-0.4, -0.2) is 88.1 Å². The molecule has 16 heteroatoms. The maximum absolute atomic E-state index is 13.5. The van der Waals surface area contributed by atoms with Crippen LogP contribution in [0.4, 0.5) is 4.79 Å². The molecule has 15 nitrogen and oxygen atoms in total. The van der Waals surface area contributed by atoms with Gasteiger partial charge in [0, 0.05) is 37.9 Å². The van der Waals surface area contributed by atoms with E-state index in [1.54, 1.807) is 12.3 Å². The lowest BCUT2D eigenvalue weighted by molar-refractivity contribution is -0.132. The quantitative estimate of drug-likeness (QED) is 0.291. The molecule has 2 aliphatic heterocycles. The summed E-state index contributed by atoms with van der Waals surface area (Å²) in [5.74, 6) is -1.82. The Balaban J connectivity index is 1.42. The van der Waals surface area contributed by atoms with Crippen molar-refractivity contribution in [2.75, 3.05) is 32.7 Å². The molecule has 5 rings (SSSR count). The Morgan fingerprint density at radius 3 is 2.50 bits per heavy atom. The number of aromatic nitrogens is 2. The van der Waals surface area contributed by atoms with Gasteiger partial charge in [0.1, 0.15) is 35.6 Å². The smallest absolute Gasteiger partial charge is 0.325 e. The number of imide groups is 1. The van der Waals surface area contributed by atoms with Crippen molar-refractivity contribution in [2.24, 2.45) is 5.92 Å². The minimum atomic E-state index is -0.688. The topological polar surface area (TPSA) is 196 Å². The first-order chi connectivity index (χ1) is 23.0. The lowest BCUT2D eigenvalue weighted by Gasteiger charge is -2.25. The lowest BCUT2D eigenvalue weighted by Crippen LogP contribution is -2.45. The molecule has 1 fully saturated rings. The molecule has 4 heterocycles. The van der Waals surface area contributed by atoms with Gasteiger partial charge in [-0.3, -0.25) is 29.3 Å². The van der Waals surface area contributed by atoms with Crippen LogP contribution < -0.4 is 21.3 Å². The molecule has 2 aliphatic rings. The molecule has 0 aliphatic carbocycles. The molecule has 0 spiro atoms. The molecular formula is C32H38N8O7S. The van der Waals surface area contributed by atoms with Crippen molar-refractivity contribution in [3.05, 3.63) is 69.3 Å². The molecular weight excluding hydrogens is 640 g/mol. The van der Waals surface area contributed by atoms with E-state index in [1.165, 1.54) is 16.2 Å². The third-order valence-electron chi connectivity index (χ3n) is 7.96. The fraction of sp³-hybridized carbons (Fsp3) is 0.438. The number of nitrogens with zero attached hydrogens (tertiary/aromatic N) is 4. The fourth-order valence-electron chi connectivity index (χ4n) is 5.41. The first-order valence-corrected chi connectivity index (χ1v) is 16.6. The molecule has 0 saturated carbocycles. The van der Waals surface area contributed by atoms with E-state index in [0.29, 0.717) is 11.4 Å². The number of aryl methyl sites for hydroxylation is 1. The highest BCUT2D eigenvalue weighted by Crippen LogP contribution is 2.27. The van der Waals surface area contributed by atoms with Crippen molar-refractivity contribution in [3.63, 3.8) is 0 Å². The molecule has 4 N–H and O–H groups in total. The van der Waals surface area contributed by atoms with Gasteiger partial charge < -0.3 is 30.2 Å². The molecule has 48 heavy (non-hydrogen) atoms. The number of carbonyl (C=O) groups excluding carboxylic acids is 6. The summed E-state index contributed by atoms with van der Waals surface area (Å²) in [4.78, 5) is 88.3. The monoisotopic (exact) mass is 678 g/mol. The summed E-state index contributed by atoms with van der Waals surface area (Å²) in [5, 5.41) is 13.0. The number of thiazole rings is 1. The highest BCUT2D eigenvalue weighted by Gasteiger charge is 2.31. The van der Waals surface area contributed by atoms with E-state index in [2.05, 4.69) is 31.2 Å². The number of carbonyl (C=O) groups is 6. The number of fused-ring (bicyclic) bond motifs is 4. The summed E-state index contributed by atoms with van der Waals surface area (Å²) >= 11 is 1.24. The summed E-state index contributed by atoms with van der Waals surface area (Å²) in [6.45, 7) is 5.22. The van der Waals surface area contributed by atoms with Crippen LogP contribution >= 0.6 is 11.3 Å². The number of hydrogen-bond donors (Lipinski definition) is 4. The van der Waals surface area contributed by atoms with Crippen molar-refractivity contribution < 1.29 is 33.2 Å². The standard InChI is InChI=1S/C32H38N8O7S/c1-18(2)26-31-35-22(17-48-31)28(44)33-11-13-39(25(43)16-40-15-24(42)36-32(40)46)12-7-10-23(41)34-21(14-20-8-5-4-6-9-20)30-38-27(19(3)47-30)29(45)37-26/h4-6,8-9,17-18,21,26H,7,10-16H2,1-3H3,(H,33,44)(H,34,41)(H,37,45)(H,36,42,46)/t21-,26-/m0/s1. The van der Waals surface area contributed by atoms with Crippen molar-refractivity contribution in [1.82, 2.24) is 41.0 Å². The van der Waals surface area contributed by atoms with Crippen LogP contribution in [0.1, 0.15) is 82.0 Å². The van der Waals surface area contributed by atoms with Crippen LogP contribution in [0.15, 0.2) is 40.1 Å². The number of oxazole rings is 1. The van der Waals surface area contributed by atoms with Gasteiger partial charge in [-0.25, -0.2) is 14.8 Å². The van der Waals surface area contributed by atoms with E-state index in [4.69, 9.17) is 4.42 Å². The van der Waals surface area contributed by atoms with Gasteiger partial charge in [-0.1, -0.05) is 44.2 Å². The van der Waals surface area contributed by atoms with Gasteiger partial charge in [0.2, 0.25) is 23.6 Å². The van der Waals surface area contributed by atoms with Gasteiger partial charge in [0.15, 0.2) is 5.69 Å². The van der Waals surface area contributed by atoms with Crippen LogP contribution in [0.5, 0.6) is 0 Å². The molecule has 254 valence electrons. The Bertz CT molecular complexity index is 1690. The first-order valence-electron chi connectivity index (χ1n) is 15.7. The highest BCUT2D eigenvalue weighted by atomic mass is 32.1. The zero-order valence-corrected chi connectivity index (χ0v) is 27.7. The van der Waals surface area contributed by atoms with Gasteiger partial charge in [-0.15, -0.1) is 11.3 Å². The summed E-state index contributed by atoms with van der Waals surface area (Å²) in [5.41, 5.74) is 1.16.